The predicted molar refractivity (Wildman–Crippen MR) is 95.1 cm³/mol. The standard InChI is InChI=1S/C16H16Br2N2O/c1-3-19-14-7-4-10(2)8-12(14)16(21)20-15-9-11(17)5-6-13(15)18/h4-9,19H,3H2,1-2H3,(H,20,21). The Bertz CT molecular complexity index is 671. The monoisotopic (exact) mass is 410 g/mol. The number of carbonyl (C=O) groups excluding carboxylic acids is 1. The van der Waals surface area contributed by atoms with Crippen LogP contribution in [0.25, 0.3) is 0 Å². The molecule has 0 bridgehead atoms. The molecule has 0 radical (unpaired) electrons. The Balaban J connectivity index is 2.31. The molecule has 110 valence electrons. The molecule has 0 saturated carbocycles. The number of aryl methyl sites for hydroxylation is 1. The van der Waals surface area contributed by atoms with Crippen LogP contribution in [0.5, 0.6) is 0 Å². The molecule has 0 aromatic heterocycles. The second-order valence-corrected chi connectivity index (χ2v) is 6.43. The highest BCUT2D eigenvalue weighted by Crippen LogP contribution is 2.27. The molecule has 2 N–H and O–H groups in total. The minimum Gasteiger partial charge on any atom is -0.385 e. The lowest BCUT2D eigenvalue weighted by Gasteiger charge is -2.13. The average molecular weight is 412 g/mol. The lowest BCUT2D eigenvalue weighted by Crippen LogP contribution is -2.15. The number of anilines is 2. The smallest absolute Gasteiger partial charge is 0.257 e. The normalized spacial score (nSPS) is 10.3. The van der Waals surface area contributed by atoms with E-state index < -0.39 is 0 Å². The molecular weight excluding hydrogens is 396 g/mol. The van der Waals surface area contributed by atoms with Gasteiger partial charge in [-0.05, 0) is 60.1 Å². The molecule has 0 aliphatic rings. The van der Waals surface area contributed by atoms with Crippen LogP contribution in [0.15, 0.2) is 45.3 Å². The van der Waals surface area contributed by atoms with Gasteiger partial charge < -0.3 is 10.6 Å². The Kier molecular flexibility index (Phi) is 5.42. The van der Waals surface area contributed by atoms with Gasteiger partial charge in [-0.2, -0.15) is 0 Å². The average Bonchev–Trinajstić information content (AvgIpc) is 2.45. The van der Waals surface area contributed by atoms with Crippen LogP contribution >= 0.6 is 31.9 Å². The van der Waals surface area contributed by atoms with Gasteiger partial charge in [-0.25, -0.2) is 0 Å². The van der Waals surface area contributed by atoms with Gasteiger partial charge in [-0.15, -0.1) is 0 Å². The molecule has 0 atom stereocenters. The zero-order valence-electron chi connectivity index (χ0n) is 11.8. The van der Waals surface area contributed by atoms with Crippen molar-refractivity contribution in [2.75, 3.05) is 17.2 Å². The van der Waals surface area contributed by atoms with Crippen molar-refractivity contribution in [3.8, 4) is 0 Å². The van der Waals surface area contributed by atoms with Gasteiger partial charge in [-0.3, -0.25) is 4.79 Å². The second-order valence-electron chi connectivity index (χ2n) is 4.66. The van der Waals surface area contributed by atoms with E-state index in [0.717, 1.165) is 32.4 Å². The Hall–Kier alpha value is -1.33. The molecule has 2 aromatic carbocycles. The Morgan fingerprint density at radius 1 is 1.10 bits per heavy atom. The van der Waals surface area contributed by atoms with Gasteiger partial charge in [-0.1, -0.05) is 27.6 Å². The summed E-state index contributed by atoms with van der Waals surface area (Å²) in [6.45, 7) is 4.75. The maximum Gasteiger partial charge on any atom is 0.257 e. The quantitative estimate of drug-likeness (QED) is 0.725. The molecule has 0 aliphatic carbocycles. The molecular formula is C16H16Br2N2O. The van der Waals surface area contributed by atoms with E-state index in [2.05, 4.69) is 42.5 Å². The summed E-state index contributed by atoms with van der Waals surface area (Å²) < 4.78 is 1.76. The summed E-state index contributed by atoms with van der Waals surface area (Å²) in [6, 6.07) is 11.5. The van der Waals surface area contributed by atoms with Crippen LogP contribution in [0.1, 0.15) is 22.8 Å². The number of halogens is 2. The molecule has 0 saturated heterocycles. The highest BCUT2D eigenvalue weighted by molar-refractivity contribution is 9.11. The summed E-state index contributed by atoms with van der Waals surface area (Å²) >= 11 is 6.85. The highest BCUT2D eigenvalue weighted by Gasteiger charge is 2.13. The maximum atomic E-state index is 12.5. The van der Waals surface area contributed by atoms with Crippen molar-refractivity contribution in [3.63, 3.8) is 0 Å². The number of benzene rings is 2. The minimum atomic E-state index is -0.131. The van der Waals surface area contributed by atoms with Crippen LogP contribution in [0.3, 0.4) is 0 Å². The summed E-state index contributed by atoms with van der Waals surface area (Å²) in [5.41, 5.74) is 3.27. The zero-order chi connectivity index (χ0) is 15.4. The molecule has 0 fully saturated rings. The molecule has 5 heteroatoms. The molecule has 21 heavy (non-hydrogen) atoms. The van der Waals surface area contributed by atoms with Crippen molar-refractivity contribution in [2.24, 2.45) is 0 Å². The van der Waals surface area contributed by atoms with Gasteiger partial charge in [0.25, 0.3) is 5.91 Å². The van der Waals surface area contributed by atoms with Gasteiger partial charge in [0, 0.05) is 21.2 Å². The van der Waals surface area contributed by atoms with Crippen molar-refractivity contribution in [1.29, 1.82) is 0 Å². The first-order chi connectivity index (χ1) is 10.0. The van der Waals surface area contributed by atoms with Crippen LogP contribution in [0.4, 0.5) is 11.4 Å². The summed E-state index contributed by atoms with van der Waals surface area (Å²) in [7, 11) is 0. The van der Waals surface area contributed by atoms with Crippen molar-refractivity contribution in [2.45, 2.75) is 13.8 Å². The second kappa shape index (κ2) is 7.09. The summed E-state index contributed by atoms with van der Waals surface area (Å²) in [4.78, 5) is 12.5. The van der Waals surface area contributed by atoms with Gasteiger partial charge in [0.2, 0.25) is 0 Å². The van der Waals surface area contributed by atoms with Crippen LogP contribution < -0.4 is 10.6 Å². The SMILES string of the molecule is CCNc1ccc(C)cc1C(=O)Nc1cc(Br)ccc1Br. The van der Waals surface area contributed by atoms with E-state index >= 15 is 0 Å². The third-order valence-corrected chi connectivity index (χ3v) is 4.15. The number of hydrogen-bond donors (Lipinski definition) is 2. The van der Waals surface area contributed by atoms with E-state index in [0.29, 0.717) is 5.56 Å². The van der Waals surface area contributed by atoms with Gasteiger partial charge in [0.05, 0.1) is 11.3 Å². The van der Waals surface area contributed by atoms with Crippen molar-refractivity contribution in [3.05, 3.63) is 56.5 Å². The Labute approximate surface area is 141 Å². The molecule has 0 spiro atoms. The maximum absolute atomic E-state index is 12.5. The van der Waals surface area contributed by atoms with E-state index in [1.54, 1.807) is 0 Å². The summed E-state index contributed by atoms with van der Waals surface area (Å²) in [5.74, 6) is -0.131. The van der Waals surface area contributed by atoms with E-state index in [9.17, 15) is 4.79 Å². The lowest BCUT2D eigenvalue weighted by atomic mass is 10.1. The van der Waals surface area contributed by atoms with E-state index in [1.807, 2.05) is 50.2 Å². The number of hydrogen-bond acceptors (Lipinski definition) is 2. The molecule has 2 aromatic rings. The lowest BCUT2D eigenvalue weighted by molar-refractivity contribution is 0.102. The van der Waals surface area contributed by atoms with Crippen LogP contribution in [0.2, 0.25) is 0 Å². The molecule has 0 heterocycles. The first kappa shape index (κ1) is 16.0. The largest absolute Gasteiger partial charge is 0.385 e. The third-order valence-electron chi connectivity index (χ3n) is 2.96. The van der Waals surface area contributed by atoms with Gasteiger partial charge >= 0.3 is 0 Å². The predicted octanol–water partition coefficient (Wildman–Crippen LogP) is 5.20. The third kappa shape index (κ3) is 4.08. The Morgan fingerprint density at radius 2 is 1.86 bits per heavy atom. The van der Waals surface area contributed by atoms with Crippen molar-refractivity contribution >= 4 is 49.1 Å². The fourth-order valence-corrected chi connectivity index (χ4v) is 2.68. The number of carbonyl (C=O) groups is 1. The van der Waals surface area contributed by atoms with E-state index in [-0.39, 0.29) is 5.91 Å². The fourth-order valence-electron chi connectivity index (χ4n) is 1.97. The first-order valence-corrected chi connectivity index (χ1v) is 8.20. The molecule has 2 rings (SSSR count). The topological polar surface area (TPSA) is 41.1 Å². The van der Waals surface area contributed by atoms with Crippen LogP contribution in [0, 0.1) is 6.92 Å². The summed E-state index contributed by atoms with van der Waals surface area (Å²) in [6.07, 6.45) is 0. The van der Waals surface area contributed by atoms with Crippen LogP contribution in [-0.2, 0) is 0 Å². The number of amides is 1. The van der Waals surface area contributed by atoms with Crippen molar-refractivity contribution < 1.29 is 4.79 Å². The van der Waals surface area contributed by atoms with Crippen molar-refractivity contribution in [1.82, 2.24) is 0 Å². The Morgan fingerprint density at radius 3 is 2.57 bits per heavy atom. The molecule has 1 amide bonds. The molecule has 0 unspecified atom stereocenters. The van der Waals surface area contributed by atoms with Crippen LogP contribution in [-0.4, -0.2) is 12.5 Å². The molecule has 3 nitrogen and oxygen atoms in total. The zero-order valence-corrected chi connectivity index (χ0v) is 15.0. The van der Waals surface area contributed by atoms with E-state index in [4.69, 9.17) is 0 Å². The van der Waals surface area contributed by atoms with Gasteiger partial charge in [0.15, 0.2) is 0 Å². The van der Waals surface area contributed by atoms with Gasteiger partial charge in [0.1, 0.15) is 0 Å². The summed E-state index contributed by atoms with van der Waals surface area (Å²) in [5, 5.41) is 6.15. The first-order valence-electron chi connectivity index (χ1n) is 6.62. The number of rotatable bonds is 4. The highest BCUT2D eigenvalue weighted by atomic mass is 79.9. The molecule has 0 aliphatic heterocycles. The fraction of sp³-hybridized carbons (Fsp3) is 0.188. The minimum absolute atomic E-state index is 0.131. The van der Waals surface area contributed by atoms with E-state index in [1.165, 1.54) is 0 Å². The number of nitrogens with one attached hydrogen (secondary N) is 2.